The van der Waals surface area contributed by atoms with Crippen LogP contribution in [-0.2, 0) is 5.54 Å². The number of benzene rings is 6. The average Bonchev–Trinajstić information content (AvgIpc) is 4.32. The monoisotopic (exact) mass is 862 g/mol. The lowest BCUT2D eigenvalue weighted by Gasteiger charge is -2.37. The minimum Gasteiger partial charge on any atom is -0.497 e. The van der Waals surface area contributed by atoms with E-state index in [0.29, 0.717) is 6.04 Å². The maximum atomic E-state index is 5.51. The quantitative estimate of drug-likeness (QED) is 0.0710. The first-order chi connectivity index (χ1) is 32.0. The fourth-order valence-electron chi connectivity index (χ4n) is 9.95. The van der Waals surface area contributed by atoms with Gasteiger partial charge in [0.05, 0.1) is 7.11 Å². The van der Waals surface area contributed by atoms with Crippen molar-refractivity contribution in [1.82, 2.24) is 24.5 Å². The molecule has 1 saturated carbocycles. The molecule has 0 bridgehead atoms. The van der Waals surface area contributed by atoms with Gasteiger partial charge >= 0.3 is 0 Å². The number of hydrogen-bond acceptors (Lipinski definition) is 6. The third-order valence-corrected chi connectivity index (χ3v) is 14.4. The molecule has 6 aromatic rings. The Morgan fingerprint density at radius 3 is 1.68 bits per heavy atom. The maximum absolute atomic E-state index is 5.51. The van der Waals surface area contributed by atoms with Crippen LogP contribution >= 0.6 is 0 Å². The number of nitrogens with zero attached hydrogens (tertiary/aromatic N) is 5. The second-order valence-corrected chi connectivity index (χ2v) is 18.4. The number of methoxy groups -OCH3 is 1. The molecule has 0 amide bonds. The van der Waals surface area contributed by atoms with Gasteiger partial charge in [0.2, 0.25) is 0 Å². The molecule has 1 aliphatic carbocycles. The third-order valence-electron chi connectivity index (χ3n) is 14.4. The minimum atomic E-state index is 0.121. The van der Waals surface area contributed by atoms with Crippen LogP contribution in [0.4, 0.5) is 0 Å². The molecule has 2 unspecified atom stereocenters. The fraction of sp³-hybridized carbons (Fsp3) is 0.322. The van der Waals surface area contributed by atoms with E-state index in [1.807, 2.05) is 0 Å². The van der Waals surface area contributed by atoms with Crippen molar-refractivity contribution in [3.05, 3.63) is 221 Å². The molecule has 3 aliphatic rings. The molecule has 3 atom stereocenters. The van der Waals surface area contributed by atoms with E-state index in [2.05, 4.69) is 220 Å². The van der Waals surface area contributed by atoms with Crippen molar-refractivity contribution in [2.24, 2.45) is 0 Å². The summed E-state index contributed by atoms with van der Waals surface area (Å²) < 4.78 is 5.51. The zero-order chi connectivity index (χ0) is 44.4. The van der Waals surface area contributed by atoms with Gasteiger partial charge in [-0.15, -0.1) is 0 Å². The lowest BCUT2D eigenvalue weighted by molar-refractivity contribution is 0.118. The molecule has 9 rings (SSSR count). The first kappa shape index (κ1) is 44.6. The molecule has 334 valence electrons. The van der Waals surface area contributed by atoms with Gasteiger partial charge in [-0.05, 0) is 89.0 Å². The summed E-state index contributed by atoms with van der Waals surface area (Å²) in [5.41, 5.74) is 11.9. The van der Waals surface area contributed by atoms with Gasteiger partial charge in [-0.3, -0.25) is 19.6 Å². The Balaban J connectivity index is 0.912. The van der Waals surface area contributed by atoms with Crippen LogP contribution in [0.15, 0.2) is 182 Å². The van der Waals surface area contributed by atoms with Crippen LogP contribution < -0.4 is 4.74 Å². The Bertz CT molecular complexity index is 2400. The highest BCUT2D eigenvalue weighted by Gasteiger charge is 2.48. The summed E-state index contributed by atoms with van der Waals surface area (Å²) in [6.45, 7) is 14.0. The van der Waals surface area contributed by atoms with Gasteiger partial charge in [0, 0.05) is 89.6 Å². The van der Waals surface area contributed by atoms with Gasteiger partial charge in [0.25, 0.3) is 0 Å². The molecule has 65 heavy (non-hydrogen) atoms. The minimum absolute atomic E-state index is 0.121. The molecule has 6 heteroatoms. The lowest BCUT2D eigenvalue weighted by atomic mass is 9.95. The van der Waals surface area contributed by atoms with E-state index >= 15 is 0 Å². The summed E-state index contributed by atoms with van der Waals surface area (Å²) >= 11 is 0. The molecule has 0 N–H and O–H groups in total. The van der Waals surface area contributed by atoms with E-state index in [9.17, 15) is 0 Å². The largest absolute Gasteiger partial charge is 0.497 e. The highest BCUT2D eigenvalue weighted by atomic mass is 16.5. The van der Waals surface area contributed by atoms with E-state index in [1.54, 1.807) is 7.11 Å². The molecule has 2 heterocycles. The van der Waals surface area contributed by atoms with Crippen LogP contribution in [0.2, 0.25) is 0 Å². The van der Waals surface area contributed by atoms with Crippen LogP contribution in [0.25, 0.3) is 11.1 Å². The van der Waals surface area contributed by atoms with E-state index < -0.39 is 0 Å². The molecule has 6 nitrogen and oxygen atoms in total. The molecule has 3 fully saturated rings. The Morgan fingerprint density at radius 1 is 0.615 bits per heavy atom. The number of hydrogen-bond donors (Lipinski definition) is 0. The van der Waals surface area contributed by atoms with Crippen molar-refractivity contribution < 1.29 is 4.74 Å². The molecule has 0 aromatic heterocycles. The van der Waals surface area contributed by atoms with Crippen LogP contribution in [0, 0.1) is 0 Å². The number of rotatable bonds is 20. The highest BCUT2D eigenvalue weighted by molar-refractivity contribution is 5.80. The molecular formula is C59H67N5O. The first-order valence-corrected chi connectivity index (χ1v) is 24.0. The van der Waals surface area contributed by atoms with Gasteiger partial charge in [0.15, 0.2) is 0 Å². The van der Waals surface area contributed by atoms with Crippen molar-refractivity contribution in [1.29, 1.82) is 0 Å². The molecule has 2 saturated heterocycles. The van der Waals surface area contributed by atoms with Gasteiger partial charge in [-0.2, -0.15) is 0 Å². The van der Waals surface area contributed by atoms with Crippen molar-refractivity contribution in [3.8, 4) is 5.75 Å². The summed E-state index contributed by atoms with van der Waals surface area (Å²) in [6, 6.07) is 62.7. The van der Waals surface area contributed by atoms with Crippen LogP contribution in [0.5, 0.6) is 5.75 Å². The predicted molar refractivity (Wildman–Crippen MR) is 270 cm³/mol. The van der Waals surface area contributed by atoms with Gasteiger partial charge in [-0.1, -0.05) is 170 Å². The van der Waals surface area contributed by atoms with Crippen molar-refractivity contribution in [3.63, 3.8) is 0 Å². The van der Waals surface area contributed by atoms with Crippen LogP contribution in [0.1, 0.15) is 70.8 Å². The topological polar surface area (TPSA) is 25.2 Å². The molecule has 2 aliphatic heterocycles. The third kappa shape index (κ3) is 11.1. The van der Waals surface area contributed by atoms with Gasteiger partial charge in [-0.25, -0.2) is 0 Å². The number of ether oxygens (including phenoxy) is 1. The van der Waals surface area contributed by atoms with Crippen LogP contribution in [0.3, 0.4) is 0 Å². The van der Waals surface area contributed by atoms with Crippen LogP contribution in [-0.4, -0.2) is 111 Å². The van der Waals surface area contributed by atoms with E-state index in [4.69, 9.17) is 4.74 Å². The smallest absolute Gasteiger partial charge is 0.118 e. The highest BCUT2D eigenvalue weighted by Crippen LogP contribution is 2.51. The SMILES string of the molecule is COc1ccc([C@@H](C)N(CC=C(c2ccccc2)c2ccccc2)CCN2CC2c2ccc(/C(=C\CN(CCN3CCN(C)CC3)C3(c4ccccc4)CC3)c3ccccc3)cc2)cc1. The van der Waals surface area contributed by atoms with E-state index in [0.717, 1.165) is 77.7 Å². The van der Waals surface area contributed by atoms with Gasteiger partial charge < -0.3 is 9.64 Å². The lowest BCUT2D eigenvalue weighted by Crippen LogP contribution is -2.48. The normalized spacial score (nSPS) is 18.9. The van der Waals surface area contributed by atoms with Gasteiger partial charge in [0.1, 0.15) is 5.75 Å². The standard InChI is InChI=1S/C59H67N5O/c1-47(48-28-30-55(65-3)31-29-48)62(36-32-56(49-16-8-4-9-17-49)50-18-10-5-11-19-50)43-44-63-46-58(63)53-26-24-52(25-27-53)57(51-20-12-6-13-21-51)33-37-64(45-42-61-40-38-60(2)39-41-61)59(34-35-59)54-22-14-7-15-23-54/h4-33,47,58H,34-46H2,1-3H3/b57-33-/t47-,58?,63?/m1/s1. The summed E-state index contributed by atoms with van der Waals surface area (Å²) in [7, 11) is 3.98. The van der Waals surface area contributed by atoms with E-state index in [1.165, 1.54) is 62.9 Å². The maximum Gasteiger partial charge on any atom is 0.118 e. The summed E-state index contributed by atoms with van der Waals surface area (Å²) in [5.74, 6) is 0.889. The van der Waals surface area contributed by atoms with E-state index in [-0.39, 0.29) is 11.6 Å². The fourth-order valence-corrected chi connectivity index (χ4v) is 9.95. The number of piperazine rings is 1. The Labute approximate surface area is 389 Å². The average molecular weight is 862 g/mol. The van der Waals surface area contributed by atoms with Crippen molar-refractivity contribution in [2.45, 2.75) is 37.4 Å². The zero-order valence-electron chi connectivity index (χ0n) is 38.8. The summed E-state index contributed by atoms with van der Waals surface area (Å²) in [5, 5.41) is 0. The first-order valence-electron chi connectivity index (χ1n) is 24.0. The Kier molecular flexibility index (Phi) is 14.5. The summed E-state index contributed by atoms with van der Waals surface area (Å²) in [6.07, 6.45) is 7.39. The van der Waals surface area contributed by atoms with Crippen molar-refractivity contribution >= 4 is 11.1 Å². The molecule has 0 radical (unpaired) electrons. The van der Waals surface area contributed by atoms with Crippen molar-refractivity contribution in [2.75, 3.05) is 86.1 Å². The Morgan fingerprint density at radius 2 is 1.14 bits per heavy atom. The Hall–Kier alpha value is -5.60. The second-order valence-electron chi connectivity index (χ2n) is 18.4. The molecular weight excluding hydrogens is 795 g/mol. The summed E-state index contributed by atoms with van der Waals surface area (Å²) in [4.78, 5) is 13.2. The molecule has 6 aromatic carbocycles. The number of likely N-dealkylation sites (N-methyl/N-ethyl adjacent to an activating group) is 1. The molecule has 0 spiro atoms. The second kappa shape index (κ2) is 21.1. The zero-order valence-corrected chi connectivity index (χ0v) is 38.8. The predicted octanol–water partition coefficient (Wildman–Crippen LogP) is 10.9.